The van der Waals surface area contributed by atoms with E-state index < -0.39 is 6.43 Å². The first-order chi connectivity index (χ1) is 5.61. The number of alkyl halides is 2. The lowest BCUT2D eigenvalue weighted by Crippen LogP contribution is -1.92. The zero-order valence-electron chi connectivity index (χ0n) is 7.09. The molecule has 12 heavy (non-hydrogen) atoms. The number of hydrogen-bond acceptors (Lipinski definition) is 1. The first-order valence-corrected chi connectivity index (χ1v) is 3.84. The van der Waals surface area contributed by atoms with Gasteiger partial charge in [-0.3, -0.25) is 4.98 Å². The van der Waals surface area contributed by atoms with Gasteiger partial charge in [0.15, 0.2) is 0 Å². The average Bonchev–Trinajstić information content (AvgIpc) is 2.04. The van der Waals surface area contributed by atoms with Gasteiger partial charge in [-0.1, -0.05) is 13.8 Å². The lowest BCUT2D eigenvalue weighted by Gasteiger charge is -2.05. The van der Waals surface area contributed by atoms with Crippen LogP contribution in [0.1, 0.15) is 37.3 Å². The van der Waals surface area contributed by atoms with E-state index in [0.717, 1.165) is 5.56 Å². The standard InChI is InChI=1S/C9H11F2N/c1-6(2)7-3-8(9(10)11)5-12-4-7/h3-6,9H,1-2H3. The normalized spacial score (nSPS) is 11.2. The molecule has 1 aromatic rings. The lowest BCUT2D eigenvalue weighted by molar-refractivity contribution is 0.151. The van der Waals surface area contributed by atoms with Crippen LogP contribution < -0.4 is 0 Å². The number of hydrogen-bond donors (Lipinski definition) is 0. The molecular weight excluding hydrogens is 160 g/mol. The zero-order valence-corrected chi connectivity index (χ0v) is 7.09. The number of aromatic nitrogens is 1. The molecule has 0 amide bonds. The molecule has 1 nitrogen and oxygen atoms in total. The average molecular weight is 171 g/mol. The largest absolute Gasteiger partial charge is 0.265 e. The third kappa shape index (κ3) is 2.00. The molecule has 0 spiro atoms. The van der Waals surface area contributed by atoms with Crippen LogP contribution in [-0.4, -0.2) is 4.98 Å². The van der Waals surface area contributed by atoms with Gasteiger partial charge in [0.2, 0.25) is 0 Å². The van der Waals surface area contributed by atoms with Crippen LogP contribution in [0.25, 0.3) is 0 Å². The summed E-state index contributed by atoms with van der Waals surface area (Å²) in [5.41, 5.74) is 0.856. The molecule has 1 aromatic heterocycles. The fourth-order valence-corrected chi connectivity index (χ4v) is 0.911. The molecule has 0 N–H and O–H groups in total. The molecule has 1 rings (SSSR count). The molecule has 0 fully saturated rings. The summed E-state index contributed by atoms with van der Waals surface area (Å²) < 4.78 is 24.3. The summed E-state index contributed by atoms with van der Waals surface area (Å²) in [7, 11) is 0. The van der Waals surface area contributed by atoms with Gasteiger partial charge in [0.25, 0.3) is 6.43 Å². The Morgan fingerprint density at radius 2 is 1.75 bits per heavy atom. The van der Waals surface area contributed by atoms with Gasteiger partial charge >= 0.3 is 0 Å². The van der Waals surface area contributed by atoms with E-state index in [1.54, 1.807) is 6.20 Å². The second-order valence-corrected chi connectivity index (χ2v) is 3.01. The third-order valence-electron chi connectivity index (χ3n) is 1.70. The molecule has 0 atom stereocenters. The fraction of sp³-hybridized carbons (Fsp3) is 0.444. The van der Waals surface area contributed by atoms with Crippen molar-refractivity contribution in [2.75, 3.05) is 0 Å². The predicted octanol–water partition coefficient (Wildman–Crippen LogP) is 3.14. The molecular formula is C9H11F2N. The van der Waals surface area contributed by atoms with Gasteiger partial charge in [-0.25, -0.2) is 8.78 Å². The van der Waals surface area contributed by atoms with Gasteiger partial charge in [0.05, 0.1) is 0 Å². The Labute approximate surface area is 70.4 Å². The third-order valence-corrected chi connectivity index (χ3v) is 1.70. The number of nitrogens with zero attached hydrogens (tertiary/aromatic N) is 1. The highest BCUT2D eigenvalue weighted by atomic mass is 19.3. The molecule has 0 radical (unpaired) electrons. The van der Waals surface area contributed by atoms with Crippen molar-refractivity contribution in [2.24, 2.45) is 0 Å². The van der Waals surface area contributed by atoms with Crippen LogP contribution in [0, 0.1) is 0 Å². The summed E-state index contributed by atoms with van der Waals surface area (Å²) in [5.74, 6) is 0.246. The maximum atomic E-state index is 12.2. The van der Waals surface area contributed by atoms with Crippen molar-refractivity contribution in [3.05, 3.63) is 29.6 Å². The summed E-state index contributed by atoms with van der Waals surface area (Å²) >= 11 is 0. The van der Waals surface area contributed by atoms with Crippen molar-refractivity contribution in [2.45, 2.75) is 26.2 Å². The van der Waals surface area contributed by atoms with Gasteiger partial charge in [-0.2, -0.15) is 0 Å². The molecule has 0 aliphatic rings. The molecule has 0 aliphatic carbocycles. The summed E-state index contributed by atoms with van der Waals surface area (Å²) in [4.78, 5) is 3.75. The van der Waals surface area contributed by atoms with Crippen molar-refractivity contribution in [1.82, 2.24) is 4.98 Å². The van der Waals surface area contributed by atoms with Crippen molar-refractivity contribution in [1.29, 1.82) is 0 Å². The minimum absolute atomic E-state index is 0.00111. The van der Waals surface area contributed by atoms with E-state index in [0.29, 0.717) is 0 Å². The van der Waals surface area contributed by atoms with Gasteiger partial charge in [0, 0.05) is 18.0 Å². The van der Waals surface area contributed by atoms with Gasteiger partial charge < -0.3 is 0 Å². The smallest absolute Gasteiger partial charge is 0.264 e. The van der Waals surface area contributed by atoms with Crippen molar-refractivity contribution >= 4 is 0 Å². The Hall–Kier alpha value is -0.990. The highest BCUT2D eigenvalue weighted by molar-refractivity contribution is 5.21. The number of pyridine rings is 1. The molecule has 1 heterocycles. The number of rotatable bonds is 2. The first kappa shape index (κ1) is 9.10. The van der Waals surface area contributed by atoms with Gasteiger partial charge in [-0.05, 0) is 17.5 Å². The van der Waals surface area contributed by atoms with E-state index in [2.05, 4.69) is 4.98 Å². The minimum atomic E-state index is -2.42. The molecule has 3 heteroatoms. The Morgan fingerprint density at radius 1 is 1.17 bits per heavy atom. The highest BCUT2D eigenvalue weighted by Crippen LogP contribution is 2.21. The van der Waals surface area contributed by atoms with E-state index >= 15 is 0 Å². The predicted molar refractivity (Wildman–Crippen MR) is 43.3 cm³/mol. The second kappa shape index (κ2) is 3.61. The lowest BCUT2D eigenvalue weighted by atomic mass is 10.0. The molecule has 0 unspecified atom stereocenters. The monoisotopic (exact) mass is 171 g/mol. The van der Waals surface area contributed by atoms with E-state index in [9.17, 15) is 8.78 Å². The number of halogens is 2. The maximum absolute atomic E-state index is 12.2. The Balaban J connectivity index is 2.96. The first-order valence-electron chi connectivity index (χ1n) is 3.84. The van der Waals surface area contributed by atoms with Crippen molar-refractivity contribution < 1.29 is 8.78 Å². The topological polar surface area (TPSA) is 12.9 Å². The van der Waals surface area contributed by atoms with E-state index in [4.69, 9.17) is 0 Å². The summed E-state index contributed by atoms with van der Waals surface area (Å²) in [5, 5.41) is 0. The molecule has 0 bridgehead atoms. The quantitative estimate of drug-likeness (QED) is 0.666. The van der Waals surface area contributed by atoms with Crippen molar-refractivity contribution in [3.8, 4) is 0 Å². The molecule has 0 aliphatic heterocycles. The SMILES string of the molecule is CC(C)c1cncc(C(F)F)c1. The van der Waals surface area contributed by atoms with Crippen LogP contribution in [0.2, 0.25) is 0 Å². The van der Waals surface area contributed by atoms with Gasteiger partial charge in [-0.15, -0.1) is 0 Å². The van der Waals surface area contributed by atoms with Crippen LogP contribution in [0.15, 0.2) is 18.5 Å². The molecule has 66 valence electrons. The van der Waals surface area contributed by atoms with Gasteiger partial charge in [0.1, 0.15) is 0 Å². The van der Waals surface area contributed by atoms with E-state index in [-0.39, 0.29) is 11.5 Å². The molecule has 0 aromatic carbocycles. The van der Waals surface area contributed by atoms with E-state index in [1.165, 1.54) is 12.3 Å². The minimum Gasteiger partial charge on any atom is -0.264 e. The fourth-order valence-electron chi connectivity index (χ4n) is 0.911. The Morgan fingerprint density at radius 3 is 2.25 bits per heavy atom. The van der Waals surface area contributed by atoms with Crippen LogP contribution >= 0.6 is 0 Å². The second-order valence-electron chi connectivity index (χ2n) is 3.01. The molecule has 0 saturated heterocycles. The Kier molecular flexibility index (Phi) is 2.74. The van der Waals surface area contributed by atoms with Crippen LogP contribution in [-0.2, 0) is 0 Å². The van der Waals surface area contributed by atoms with Crippen molar-refractivity contribution in [3.63, 3.8) is 0 Å². The highest BCUT2D eigenvalue weighted by Gasteiger charge is 2.08. The maximum Gasteiger partial charge on any atom is 0.265 e. The van der Waals surface area contributed by atoms with E-state index in [1.807, 2.05) is 13.8 Å². The summed E-state index contributed by atoms with van der Waals surface area (Å²) in [6, 6.07) is 1.50. The van der Waals surface area contributed by atoms with Crippen LogP contribution in [0.4, 0.5) is 8.78 Å². The summed E-state index contributed by atoms with van der Waals surface area (Å²) in [6.45, 7) is 3.90. The summed E-state index contributed by atoms with van der Waals surface area (Å²) in [6.07, 6.45) is 0.406. The van der Waals surface area contributed by atoms with Crippen LogP contribution in [0.3, 0.4) is 0 Å². The zero-order chi connectivity index (χ0) is 9.14. The van der Waals surface area contributed by atoms with Crippen LogP contribution in [0.5, 0.6) is 0 Å². The molecule has 0 saturated carbocycles. The Bertz CT molecular complexity index is 235.